The van der Waals surface area contributed by atoms with E-state index in [1.54, 1.807) is 0 Å². The fourth-order valence-corrected chi connectivity index (χ4v) is 5.07. The van der Waals surface area contributed by atoms with Gasteiger partial charge < -0.3 is 88.1 Å². The standard InChI is InChI=1S/C22H43N5O13/c23-2-1-8(29)20(36)27-7-3-6(25)18(39-22-16(34)15(33)13(31)9(4-24)37-22)17(35)19(7)40-21-14(32)11(26)12(30)10(5-28)38-21/h6-19,21-22,28-35H,1-5,23-26H2,(H,27,36)/t6-,7-,8?,9?,10?,11+,12-,13-,14?,15+,16?,17?,18-,19?,21-,22-/m1/s1. The lowest BCUT2D eigenvalue weighted by molar-refractivity contribution is -0.332. The molecule has 2 heterocycles. The number of carbonyl (C=O) groups is 1. The van der Waals surface area contributed by atoms with E-state index >= 15 is 0 Å². The summed E-state index contributed by atoms with van der Waals surface area (Å²) in [6.07, 6.45) is -19.8. The molecule has 7 unspecified atom stereocenters. The summed E-state index contributed by atoms with van der Waals surface area (Å²) in [5.74, 6) is -0.845. The van der Waals surface area contributed by atoms with Crippen molar-refractivity contribution in [1.82, 2.24) is 5.32 Å². The van der Waals surface area contributed by atoms with Crippen LogP contribution in [0.25, 0.3) is 0 Å². The molecule has 16 atom stereocenters. The number of hydrogen-bond acceptors (Lipinski definition) is 17. The summed E-state index contributed by atoms with van der Waals surface area (Å²) in [6, 6.07) is -3.45. The van der Waals surface area contributed by atoms with E-state index in [0.717, 1.165) is 0 Å². The van der Waals surface area contributed by atoms with Crippen LogP contribution in [0.1, 0.15) is 12.8 Å². The number of aliphatic hydroxyl groups excluding tert-OH is 8. The van der Waals surface area contributed by atoms with Crippen molar-refractivity contribution in [1.29, 1.82) is 0 Å². The monoisotopic (exact) mass is 585 g/mol. The number of carbonyl (C=O) groups excluding carboxylic acids is 1. The average Bonchev–Trinajstić information content (AvgIpc) is 2.92. The zero-order valence-electron chi connectivity index (χ0n) is 21.7. The number of rotatable bonds is 10. The minimum absolute atomic E-state index is 0.0101. The van der Waals surface area contributed by atoms with Crippen LogP contribution in [0, 0.1) is 0 Å². The van der Waals surface area contributed by atoms with E-state index in [1.165, 1.54) is 0 Å². The second-order valence-corrected chi connectivity index (χ2v) is 10.3. The van der Waals surface area contributed by atoms with E-state index in [4.69, 9.17) is 41.9 Å². The van der Waals surface area contributed by atoms with Crippen molar-refractivity contribution in [2.75, 3.05) is 19.7 Å². The maximum atomic E-state index is 12.6. The number of amides is 1. The fraction of sp³-hybridized carbons (Fsp3) is 0.955. The van der Waals surface area contributed by atoms with E-state index in [2.05, 4.69) is 5.32 Å². The van der Waals surface area contributed by atoms with Gasteiger partial charge in [-0.1, -0.05) is 0 Å². The number of nitrogens with two attached hydrogens (primary N) is 4. The van der Waals surface area contributed by atoms with Crippen molar-refractivity contribution in [3.63, 3.8) is 0 Å². The van der Waals surface area contributed by atoms with Gasteiger partial charge in [-0.3, -0.25) is 4.79 Å². The largest absolute Gasteiger partial charge is 0.394 e. The predicted octanol–water partition coefficient (Wildman–Crippen LogP) is -8.42. The van der Waals surface area contributed by atoms with E-state index in [1.807, 2.05) is 0 Å². The highest BCUT2D eigenvalue weighted by atomic mass is 16.7. The van der Waals surface area contributed by atoms with Crippen molar-refractivity contribution >= 4 is 5.91 Å². The van der Waals surface area contributed by atoms with Crippen molar-refractivity contribution < 1.29 is 64.6 Å². The van der Waals surface area contributed by atoms with Gasteiger partial charge >= 0.3 is 0 Å². The van der Waals surface area contributed by atoms with Crippen LogP contribution in [-0.2, 0) is 23.7 Å². The minimum atomic E-state index is -1.76. The van der Waals surface area contributed by atoms with Crippen LogP contribution in [0.4, 0.5) is 0 Å². The Hall–Kier alpha value is -1.17. The third-order valence-electron chi connectivity index (χ3n) is 7.51. The molecule has 17 N–H and O–H groups in total. The smallest absolute Gasteiger partial charge is 0.249 e. The summed E-state index contributed by atoms with van der Waals surface area (Å²) >= 11 is 0. The molecule has 0 bridgehead atoms. The maximum absolute atomic E-state index is 12.6. The number of ether oxygens (including phenoxy) is 4. The molecule has 40 heavy (non-hydrogen) atoms. The van der Waals surface area contributed by atoms with Crippen LogP contribution in [0.5, 0.6) is 0 Å². The molecule has 18 heteroatoms. The number of aliphatic hydroxyl groups is 8. The SMILES string of the molecule is NCCC(O)C(=O)N[C@@H]1C[C@@H](N)[C@@H](O[C@H]2OC(CN)[C@@H](O)[C@H](O)C2O)C(O)C1O[C@H]1OC(CO)[C@@H](O)[C@H](N)C1O. The Morgan fingerprint density at radius 1 is 0.850 bits per heavy atom. The molecule has 0 radical (unpaired) electrons. The van der Waals surface area contributed by atoms with Gasteiger partial charge in [0.1, 0.15) is 67.1 Å². The Kier molecular flexibility index (Phi) is 11.9. The van der Waals surface area contributed by atoms with Gasteiger partial charge in [-0.2, -0.15) is 0 Å². The lowest BCUT2D eigenvalue weighted by Crippen LogP contribution is -2.69. The molecular weight excluding hydrogens is 542 g/mol. The Balaban J connectivity index is 1.85. The molecule has 3 rings (SSSR count). The lowest BCUT2D eigenvalue weighted by atomic mass is 9.83. The second-order valence-electron chi connectivity index (χ2n) is 10.3. The van der Waals surface area contributed by atoms with E-state index < -0.39 is 110 Å². The topological polar surface area (TPSA) is 332 Å². The predicted molar refractivity (Wildman–Crippen MR) is 131 cm³/mol. The molecular formula is C22H43N5O13. The molecule has 2 aliphatic heterocycles. The molecule has 0 aromatic carbocycles. The van der Waals surface area contributed by atoms with Crippen LogP contribution >= 0.6 is 0 Å². The molecule has 1 aliphatic carbocycles. The average molecular weight is 586 g/mol. The van der Waals surface area contributed by atoms with Crippen LogP contribution in [0.2, 0.25) is 0 Å². The molecule has 1 amide bonds. The van der Waals surface area contributed by atoms with Gasteiger partial charge in [0.05, 0.1) is 18.7 Å². The first-order valence-corrected chi connectivity index (χ1v) is 13.1. The van der Waals surface area contributed by atoms with Gasteiger partial charge in [-0.25, -0.2) is 0 Å². The van der Waals surface area contributed by atoms with E-state index in [9.17, 15) is 45.6 Å². The molecule has 1 saturated carbocycles. The maximum Gasteiger partial charge on any atom is 0.249 e. The fourth-order valence-electron chi connectivity index (χ4n) is 5.07. The third-order valence-corrected chi connectivity index (χ3v) is 7.51. The van der Waals surface area contributed by atoms with Gasteiger partial charge in [0.2, 0.25) is 5.91 Å². The highest BCUT2D eigenvalue weighted by Gasteiger charge is 2.52. The van der Waals surface area contributed by atoms with Gasteiger partial charge in [0.25, 0.3) is 0 Å². The van der Waals surface area contributed by atoms with E-state index in [-0.39, 0.29) is 25.9 Å². The summed E-state index contributed by atoms with van der Waals surface area (Å²) in [7, 11) is 0. The number of nitrogens with one attached hydrogen (secondary N) is 1. The quantitative estimate of drug-likeness (QED) is 0.113. The Morgan fingerprint density at radius 2 is 1.45 bits per heavy atom. The zero-order valence-corrected chi connectivity index (χ0v) is 21.7. The Labute approximate surface area is 229 Å². The molecule has 18 nitrogen and oxygen atoms in total. The van der Waals surface area contributed by atoms with Gasteiger partial charge in [0, 0.05) is 12.6 Å². The summed E-state index contributed by atoms with van der Waals surface area (Å²) in [5, 5.41) is 84.9. The zero-order chi connectivity index (χ0) is 29.9. The molecule has 0 aromatic heterocycles. The first-order valence-electron chi connectivity index (χ1n) is 13.1. The summed E-state index contributed by atoms with van der Waals surface area (Å²) in [6.45, 7) is -0.898. The first-order chi connectivity index (χ1) is 18.9. The first kappa shape index (κ1) is 33.3. The normalized spacial score (nSPS) is 47.0. The summed E-state index contributed by atoms with van der Waals surface area (Å²) < 4.78 is 22.5. The molecule has 3 fully saturated rings. The van der Waals surface area contributed by atoms with Crippen LogP contribution in [0.15, 0.2) is 0 Å². The molecule has 0 spiro atoms. The summed E-state index contributed by atoms with van der Waals surface area (Å²) in [5.41, 5.74) is 23.1. The van der Waals surface area contributed by atoms with Crippen LogP contribution in [-0.4, -0.2) is 164 Å². The van der Waals surface area contributed by atoms with Crippen LogP contribution < -0.4 is 28.3 Å². The van der Waals surface area contributed by atoms with Gasteiger partial charge in [0.15, 0.2) is 12.6 Å². The Morgan fingerprint density at radius 3 is 2.05 bits per heavy atom. The molecule has 2 saturated heterocycles. The van der Waals surface area contributed by atoms with Crippen molar-refractivity contribution in [3.05, 3.63) is 0 Å². The van der Waals surface area contributed by atoms with Crippen molar-refractivity contribution in [3.8, 4) is 0 Å². The van der Waals surface area contributed by atoms with Crippen molar-refractivity contribution in [2.45, 2.75) is 111 Å². The van der Waals surface area contributed by atoms with Gasteiger partial charge in [-0.15, -0.1) is 0 Å². The van der Waals surface area contributed by atoms with E-state index in [0.29, 0.717) is 0 Å². The number of hydrogen-bond donors (Lipinski definition) is 13. The van der Waals surface area contributed by atoms with Crippen LogP contribution in [0.3, 0.4) is 0 Å². The minimum Gasteiger partial charge on any atom is -0.394 e. The lowest BCUT2D eigenvalue weighted by Gasteiger charge is -2.49. The second kappa shape index (κ2) is 14.3. The van der Waals surface area contributed by atoms with Crippen molar-refractivity contribution in [2.24, 2.45) is 22.9 Å². The molecule has 3 aliphatic rings. The third kappa shape index (κ3) is 7.06. The molecule has 234 valence electrons. The summed E-state index contributed by atoms with van der Waals surface area (Å²) in [4.78, 5) is 12.6. The Bertz CT molecular complexity index is 815. The molecule has 0 aromatic rings. The van der Waals surface area contributed by atoms with Gasteiger partial charge in [-0.05, 0) is 19.4 Å². The highest BCUT2D eigenvalue weighted by Crippen LogP contribution is 2.32. The highest BCUT2D eigenvalue weighted by molar-refractivity contribution is 5.80.